The van der Waals surface area contributed by atoms with Crippen LogP contribution >= 0.6 is 12.2 Å². The summed E-state index contributed by atoms with van der Waals surface area (Å²) in [5, 5.41) is 0. The van der Waals surface area contributed by atoms with Crippen LogP contribution in [0.1, 0.15) is 25.0 Å². The van der Waals surface area contributed by atoms with Gasteiger partial charge in [0.2, 0.25) is 0 Å². The summed E-state index contributed by atoms with van der Waals surface area (Å²) in [6.07, 6.45) is -4.19. The molecule has 0 radical (unpaired) electrons. The second-order valence-corrected chi connectivity index (χ2v) is 5.11. The smallest absolute Gasteiger partial charge is 0.389 e. The Balaban J connectivity index is 2.76. The van der Waals surface area contributed by atoms with Crippen LogP contribution in [-0.4, -0.2) is 28.7 Å². The minimum absolute atomic E-state index is 0.183. The van der Waals surface area contributed by atoms with Crippen LogP contribution in [0.15, 0.2) is 24.3 Å². The molecule has 2 nitrogen and oxygen atoms in total. The van der Waals surface area contributed by atoms with Crippen LogP contribution in [0.5, 0.6) is 0 Å². The highest BCUT2D eigenvalue weighted by Crippen LogP contribution is 2.20. The predicted octanol–water partition coefficient (Wildman–Crippen LogP) is 3.09. The van der Waals surface area contributed by atoms with Crippen LogP contribution in [0.25, 0.3) is 0 Å². The van der Waals surface area contributed by atoms with E-state index in [1.165, 1.54) is 4.90 Å². The summed E-state index contributed by atoms with van der Waals surface area (Å²) in [7, 11) is 0. The van der Waals surface area contributed by atoms with Crippen LogP contribution in [0, 0.1) is 0 Å². The van der Waals surface area contributed by atoms with Gasteiger partial charge in [0.05, 0.1) is 6.54 Å². The van der Waals surface area contributed by atoms with Crippen molar-refractivity contribution in [1.29, 1.82) is 0 Å². The number of nitrogens with zero attached hydrogens (tertiary/aromatic N) is 1. The average molecular weight is 290 g/mol. The molecule has 0 heterocycles. The molecule has 19 heavy (non-hydrogen) atoms. The van der Waals surface area contributed by atoms with Crippen molar-refractivity contribution >= 4 is 17.2 Å². The quantitative estimate of drug-likeness (QED) is 0.845. The Bertz CT molecular complexity index is 427. The number of benzene rings is 1. The lowest BCUT2D eigenvalue weighted by Crippen LogP contribution is -2.38. The van der Waals surface area contributed by atoms with Gasteiger partial charge in [-0.2, -0.15) is 13.2 Å². The number of hydrogen-bond acceptors (Lipinski definition) is 2. The van der Waals surface area contributed by atoms with Gasteiger partial charge in [-0.1, -0.05) is 36.5 Å². The Morgan fingerprint density at radius 1 is 1.26 bits per heavy atom. The fraction of sp³-hybridized carbons (Fsp3) is 0.462. The van der Waals surface area contributed by atoms with E-state index < -0.39 is 12.7 Å². The molecule has 0 aromatic heterocycles. The normalized spacial score (nSPS) is 12.2. The van der Waals surface area contributed by atoms with Gasteiger partial charge in [0.25, 0.3) is 0 Å². The van der Waals surface area contributed by atoms with Crippen LogP contribution in [0.4, 0.5) is 13.2 Å². The van der Waals surface area contributed by atoms with Crippen molar-refractivity contribution in [2.24, 2.45) is 5.73 Å². The number of rotatable bonds is 5. The number of alkyl halides is 3. The zero-order valence-electron chi connectivity index (χ0n) is 10.9. The van der Waals surface area contributed by atoms with E-state index in [-0.39, 0.29) is 17.6 Å². The minimum Gasteiger partial charge on any atom is -0.389 e. The first-order valence-corrected chi connectivity index (χ1v) is 6.29. The third kappa shape index (κ3) is 5.57. The van der Waals surface area contributed by atoms with Gasteiger partial charge in [-0.25, -0.2) is 0 Å². The van der Waals surface area contributed by atoms with Crippen LogP contribution in [0.3, 0.4) is 0 Å². The Morgan fingerprint density at radius 3 is 2.16 bits per heavy atom. The van der Waals surface area contributed by atoms with Gasteiger partial charge in [0, 0.05) is 18.2 Å². The lowest BCUT2D eigenvalue weighted by Gasteiger charge is -2.27. The maximum absolute atomic E-state index is 12.5. The summed E-state index contributed by atoms with van der Waals surface area (Å²) < 4.78 is 37.4. The monoisotopic (exact) mass is 290 g/mol. The summed E-state index contributed by atoms with van der Waals surface area (Å²) in [4.78, 5) is 1.65. The molecule has 106 valence electrons. The lowest BCUT2D eigenvalue weighted by atomic mass is 10.1. The maximum atomic E-state index is 12.5. The van der Waals surface area contributed by atoms with Gasteiger partial charge in [-0.3, -0.25) is 4.90 Å². The molecular weight excluding hydrogens is 273 g/mol. The molecule has 0 aliphatic heterocycles. The van der Waals surface area contributed by atoms with E-state index in [2.05, 4.69) is 0 Å². The van der Waals surface area contributed by atoms with E-state index in [9.17, 15) is 13.2 Å². The molecule has 1 aromatic rings. The SMILES string of the molecule is CC(C)N(Cc1ccc(C(N)=S)cc1)CC(F)(F)F. The van der Waals surface area contributed by atoms with Crippen LogP contribution in [0.2, 0.25) is 0 Å². The molecule has 0 saturated carbocycles. The van der Waals surface area contributed by atoms with E-state index in [1.54, 1.807) is 38.1 Å². The highest BCUT2D eigenvalue weighted by molar-refractivity contribution is 7.80. The minimum atomic E-state index is -4.19. The molecule has 0 unspecified atom stereocenters. The topological polar surface area (TPSA) is 29.3 Å². The van der Waals surface area contributed by atoms with E-state index in [4.69, 9.17) is 18.0 Å². The van der Waals surface area contributed by atoms with Crippen molar-refractivity contribution in [1.82, 2.24) is 4.90 Å². The zero-order chi connectivity index (χ0) is 14.6. The molecule has 1 rings (SSSR count). The number of hydrogen-bond donors (Lipinski definition) is 1. The van der Waals surface area contributed by atoms with Crippen molar-refractivity contribution in [2.45, 2.75) is 32.6 Å². The molecule has 2 N–H and O–H groups in total. The first-order chi connectivity index (χ1) is 8.69. The first-order valence-electron chi connectivity index (χ1n) is 5.88. The largest absolute Gasteiger partial charge is 0.401 e. The van der Waals surface area contributed by atoms with Crippen molar-refractivity contribution in [3.8, 4) is 0 Å². The van der Waals surface area contributed by atoms with Crippen LogP contribution < -0.4 is 5.73 Å². The molecular formula is C13H17F3N2S. The van der Waals surface area contributed by atoms with Crippen molar-refractivity contribution in [2.75, 3.05) is 6.54 Å². The highest BCUT2D eigenvalue weighted by Gasteiger charge is 2.31. The highest BCUT2D eigenvalue weighted by atomic mass is 32.1. The number of halogens is 3. The molecule has 0 fully saturated rings. The summed E-state index contributed by atoms with van der Waals surface area (Å²) in [6.45, 7) is 2.82. The molecule has 0 saturated heterocycles. The van der Waals surface area contributed by atoms with E-state index >= 15 is 0 Å². The lowest BCUT2D eigenvalue weighted by molar-refractivity contribution is -0.150. The van der Waals surface area contributed by atoms with Crippen molar-refractivity contribution < 1.29 is 13.2 Å². The van der Waals surface area contributed by atoms with Gasteiger partial charge >= 0.3 is 6.18 Å². The summed E-state index contributed by atoms with van der Waals surface area (Å²) in [5.41, 5.74) is 6.99. The zero-order valence-corrected chi connectivity index (χ0v) is 11.7. The van der Waals surface area contributed by atoms with E-state index in [0.717, 1.165) is 5.56 Å². The van der Waals surface area contributed by atoms with Gasteiger partial charge in [0.1, 0.15) is 4.99 Å². The average Bonchev–Trinajstić information content (AvgIpc) is 2.27. The van der Waals surface area contributed by atoms with Gasteiger partial charge in [-0.15, -0.1) is 0 Å². The Morgan fingerprint density at radius 2 is 1.79 bits per heavy atom. The second-order valence-electron chi connectivity index (χ2n) is 4.68. The van der Waals surface area contributed by atoms with Gasteiger partial charge in [-0.05, 0) is 19.4 Å². The third-order valence-electron chi connectivity index (χ3n) is 2.74. The molecule has 0 bridgehead atoms. The Hall–Kier alpha value is -1.14. The van der Waals surface area contributed by atoms with Crippen molar-refractivity contribution in [3.05, 3.63) is 35.4 Å². The third-order valence-corrected chi connectivity index (χ3v) is 2.97. The summed E-state index contributed by atoms with van der Waals surface area (Å²) in [6, 6.07) is 6.77. The molecule has 1 aromatic carbocycles. The molecule has 0 spiro atoms. The second kappa shape index (κ2) is 6.34. The molecule has 6 heteroatoms. The fourth-order valence-electron chi connectivity index (χ4n) is 1.66. The first kappa shape index (κ1) is 15.9. The molecule has 0 atom stereocenters. The molecule has 0 amide bonds. The fourth-order valence-corrected chi connectivity index (χ4v) is 1.80. The summed E-state index contributed by atoms with van der Waals surface area (Å²) in [5.74, 6) is 0. The van der Waals surface area contributed by atoms with Gasteiger partial charge < -0.3 is 5.73 Å². The number of thiocarbonyl (C=S) groups is 1. The standard InChI is InChI=1S/C13H17F3N2S/c1-9(2)18(8-13(14,15)16)7-10-3-5-11(6-4-10)12(17)19/h3-6,9H,7-8H2,1-2H3,(H2,17,19). The maximum Gasteiger partial charge on any atom is 0.401 e. The molecule has 0 aliphatic carbocycles. The van der Waals surface area contributed by atoms with Gasteiger partial charge in [0.15, 0.2) is 0 Å². The number of nitrogens with two attached hydrogens (primary N) is 1. The summed E-state index contributed by atoms with van der Waals surface area (Å²) >= 11 is 4.82. The van der Waals surface area contributed by atoms with Crippen molar-refractivity contribution in [3.63, 3.8) is 0 Å². The molecule has 0 aliphatic rings. The van der Waals surface area contributed by atoms with E-state index in [0.29, 0.717) is 5.56 Å². The van der Waals surface area contributed by atoms with Crippen LogP contribution in [-0.2, 0) is 6.54 Å². The Labute approximate surface area is 116 Å². The predicted molar refractivity (Wildman–Crippen MR) is 73.9 cm³/mol. The van der Waals surface area contributed by atoms with E-state index in [1.807, 2.05) is 0 Å². The Kier molecular flexibility index (Phi) is 5.31.